The largest absolute Gasteiger partial charge is 0.477 e. The van der Waals surface area contributed by atoms with Gasteiger partial charge >= 0.3 is 6.09 Å². The van der Waals surface area contributed by atoms with Crippen molar-refractivity contribution < 1.29 is 19.1 Å². The number of carbonyl (C=O) groups is 2. The van der Waals surface area contributed by atoms with E-state index >= 15 is 0 Å². The highest BCUT2D eigenvalue weighted by Crippen LogP contribution is 2.41. The fraction of sp³-hybridized carbons (Fsp3) is 0.520. The van der Waals surface area contributed by atoms with Crippen LogP contribution >= 0.6 is 0 Å². The molecule has 2 aliphatic heterocycles. The molecule has 12 nitrogen and oxygen atoms in total. The number of aromatic nitrogens is 5. The summed E-state index contributed by atoms with van der Waals surface area (Å²) in [5, 5.41) is 2.82. The Morgan fingerprint density at radius 1 is 1.08 bits per heavy atom. The maximum Gasteiger partial charge on any atom is 0.410 e. The molecule has 5 heterocycles. The normalized spacial score (nSPS) is 16.4. The van der Waals surface area contributed by atoms with Crippen molar-refractivity contribution in [2.24, 2.45) is 5.41 Å². The number of hydrogen-bond acceptors (Lipinski definition) is 9. The summed E-state index contributed by atoms with van der Waals surface area (Å²) in [6.45, 7) is 14.2. The molecule has 0 atom stereocenters. The highest BCUT2D eigenvalue weighted by Gasteiger charge is 2.54. The Morgan fingerprint density at radius 2 is 1.81 bits per heavy atom. The molecule has 0 saturated carbocycles. The molecule has 2 aliphatic rings. The minimum atomic E-state index is -0.511. The van der Waals surface area contributed by atoms with Gasteiger partial charge in [-0.15, -0.1) is 0 Å². The molecule has 12 heteroatoms. The predicted octanol–water partition coefficient (Wildman–Crippen LogP) is 2.84. The van der Waals surface area contributed by atoms with Crippen LogP contribution in [0.25, 0.3) is 5.65 Å². The molecule has 0 aliphatic carbocycles. The molecule has 1 N–H and O–H groups in total. The Bertz CT molecular complexity index is 1370. The number of hydrogen-bond donors (Lipinski definition) is 1. The second kappa shape index (κ2) is 8.86. The van der Waals surface area contributed by atoms with Crippen molar-refractivity contribution in [1.29, 1.82) is 0 Å². The zero-order valence-corrected chi connectivity index (χ0v) is 22.0. The van der Waals surface area contributed by atoms with Gasteiger partial charge < -0.3 is 29.0 Å². The average Bonchev–Trinajstić information content (AvgIpc) is 3.11. The summed E-state index contributed by atoms with van der Waals surface area (Å²) in [4.78, 5) is 46.9. The highest BCUT2D eigenvalue weighted by molar-refractivity contribution is 6.05. The van der Waals surface area contributed by atoms with E-state index in [0.29, 0.717) is 37.2 Å². The Kier molecular flexibility index (Phi) is 5.92. The van der Waals surface area contributed by atoms with Crippen LogP contribution in [-0.2, 0) is 4.74 Å². The number of ether oxygens (including phenoxy) is 2. The molecule has 3 aromatic rings. The summed E-state index contributed by atoms with van der Waals surface area (Å²) in [6, 6.07) is 0. The first-order valence-corrected chi connectivity index (χ1v) is 12.3. The number of aryl methyl sites for hydroxylation is 2. The molecule has 37 heavy (non-hydrogen) atoms. The van der Waals surface area contributed by atoms with Gasteiger partial charge in [0, 0.05) is 44.0 Å². The summed E-state index contributed by atoms with van der Waals surface area (Å²) in [6.07, 6.45) is 4.79. The topological polar surface area (TPSA) is 127 Å². The van der Waals surface area contributed by atoms with Crippen LogP contribution in [0.4, 0.5) is 16.6 Å². The number of anilines is 2. The average molecular weight is 509 g/mol. The Labute approximate surface area is 215 Å². The quantitative estimate of drug-likeness (QED) is 0.553. The Morgan fingerprint density at radius 3 is 2.49 bits per heavy atom. The van der Waals surface area contributed by atoms with E-state index in [-0.39, 0.29) is 23.0 Å². The van der Waals surface area contributed by atoms with Crippen molar-refractivity contribution >= 4 is 29.4 Å². The summed E-state index contributed by atoms with van der Waals surface area (Å²) in [7, 11) is 0. The van der Waals surface area contributed by atoms with Crippen molar-refractivity contribution in [2.45, 2.75) is 47.1 Å². The van der Waals surface area contributed by atoms with Gasteiger partial charge in [0.05, 0.1) is 24.2 Å². The smallest absolute Gasteiger partial charge is 0.410 e. The van der Waals surface area contributed by atoms with E-state index in [1.54, 1.807) is 11.1 Å². The van der Waals surface area contributed by atoms with Crippen LogP contribution in [0.15, 0.2) is 18.6 Å². The number of carbonyl (C=O) groups excluding carboxylic acids is 2. The molecular formula is C25H32N8O4. The van der Waals surface area contributed by atoms with Gasteiger partial charge in [0.2, 0.25) is 11.8 Å². The molecule has 0 bridgehead atoms. The number of rotatable bonds is 5. The van der Waals surface area contributed by atoms with E-state index in [9.17, 15) is 9.59 Å². The van der Waals surface area contributed by atoms with Crippen molar-refractivity contribution in [3.8, 4) is 5.88 Å². The van der Waals surface area contributed by atoms with Crippen LogP contribution < -0.4 is 15.0 Å². The zero-order valence-electron chi connectivity index (χ0n) is 22.0. The van der Waals surface area contributed by atoms with E-state index < -0.39 is 11.5 Å². The van der Waals surface area contributed by atoms with E-state index in [1.165, 1.54) is 6.20 Å². The van der Waals surface area contributed by atoms with Crippen molar-refractivity contribution in [3.63, 3.8) is 0 Å². The van der Waals surface area contributed by atoms with Crippen LogP contribution in [0.2, 0.25) is 0 Å². The molecule has 1 spiro atoms. The van der Waals surface area contributed by atoms with E-state index in [2.05, 4.69) is 25.3 Å². The lowest BCUT2D eigenvalue weighted by molar-refractivity contribution is -0.0456. The molecule has 196 valence electrons. The third kappa shape index (κ3) is 4.87. The van der Waals surface area contributed by atoms with Crippen LogP contribution in [0.5, 0.6) is 5.88 Å². The third-order valence-corrected chi connectivity index (χ3v) is 6.27. The van der Waals surface area contributed by atoms with E-state index in [0.717, 1.165) is 24.4 Å². The van der Waals surface area contributed by atoms with E-state index in [1.807, 2.05) is 57.0 Å². The van der Waals surface area contributed by atoms with E-state index in [4.69, 9.17) is 9.47 Å². The van der Waals surface area contributed by atoms with Gasteiger partial charge in [0.1, 0.15) is 17.0 Å². The van der Waals surface area contributed by atoms with Crippen molar-refractivity contribution in [3.05, 3.63) is 35.5 Å². The molecule has 2 saturated heterocycles. The van der Waals surface area contributed by atoms with Crippen LogP contribution in [0.3, 0.4) is 0 Å². The van der Waals surface area contributed by atoms with Gasteiger partial charge in [0.25, 0.3) is 5.91 Å². The minimum Gasteiger partial charge on any atom is -0.477 e. The molecule has 2 amide bonds. The number of fused-ring (bicyclic) bond motifs is 1. The second-order valence-corrected chi connectivity index (χ2v) is 10.8. The van der Waals surface area contributed by atoms with Crippen LogP contribution in [0.1, 0.15) is 49.4 Å². The van der Waals surface area contributed by atoms with Crippen LogP contribution in [0, 0.1) is 19.3 Å². The van der Waals surface area contributed by atoms with Gasteiger partial charge in [0.15, 0.2) is 5.65 Å². The van der Waals surface area contributed by atoms with Gasteiger partial charge in [-0.05, 0) is 41.5 Å². The number of likely N-dealkylation sites (tertiary alicyclic amines) is 1. The maximum atomic E-state index is 13.1. The molecule has 0 radical (unpaired) electrons. The first-order valence-electron chi connectivity index (χ1n) is 12.3. The zero-order chi connectivity index (χ0) is 26.5. The number of nitrogens with one attached hydrogen (secondary N) is 1. The summed E-state index contributed by atoms with van der Waals surface area (Å²) in [5.74, 6) is 0.685. The lowest BCUT2D eigenvalue weighted by atomic mass is 9.73. The van der Waals surface area contributed by atoms with Gasteiger partial charge in [-0.2, -0.15) is 4.98 Å². The van der Waals surface area contributed by atoms with Crippen molar-refractivity contribution in [1.82, 2.24) is 29.2 Å². The highest BCUT2D eigenvalue weighted by atomic mass is 16.6. The molecular weight excluding hydrogens is 476 g/mol. The van der Waals surface area contributed by atoms with Crippen molar-refractivity contribution in [2.75, 3.05) is 43.0 Å². The monoisotopic (exact) mass is 508 g/mol. The fourth-order valence-electron chi connectivity index (χ4n) is 4.75. The molecule has 3 aromatic heterocycles. The molecule has 5 rings (SSSR count). The SMILES string of the molecule is CCOc1nc(N2CC3(CN(C(=O)OC(C)(C)C)C3)C2)ncc1C(=O)Nc1cn2cc(C)nc2c(C)n1. The summed E-state index contributed by atoms with van der Waals surface area (Å²) >= 11 is 0. The first-order chi connectivity index (χ1) is 17.4. The lowest BCUT2D eigenvalue weighted by Gasteiger charge is -2.59. The first kappa shape index (κ1) is 24.7. The molecule has 0 unspecified atom stereocenters. The maximum absolute atomic E-state index is 13.1. The van der Waals surface area contributed by atoms with Gasteiger partial charge in [-0.3, -0.25) is 4.79 Å². The molecule has 2 fully saturated rings. The Balaban J connectivity index is 1.25. The number of imidazole rings is 1. The summed E-state index contributed by atoms with van der Waals surface area (Å²) in [5.41, 5.74) is 2.05. The Hall–Kier alpha value is -3.96. The number of nitrogens with zero attached hydrogens (tertiary/aromatic N) is 7. The lowest BCUT2D eigenvalue weighted by Crippen LogP contribution is -2.73. The van der Waals surface area contributed by atoms with Gasteiger partial charge in [-0.25, -0.2) is 19.7 Å². The van der Waals surface area contributed by atoms with Gasteiger partial charge in [-0.1, -0.05) is 0 Å². The number of amides is 2. The second-order valence-electron chi connectivity index (χ2n) is 10.8. The predicted molar refractivity (Wildman–Crippen MR) is 136 cm³/mol. The fourth-order valence-corrected chi connectivity index (χ4v) is 4.75. The minimum absolute atomic E-state index is 0.0237. The standard InChI is InChI=1S/C25H32N8O4/c1-7-36-21-17(20(34)29-18-10-31-9-15(2)27-19(31)16(3)28-18)8-26-22(30-21)32-11-25(12-32)13-33(14-25)23(35)37-24(4,5)6/h8-10H,7,11-14H2,1-6H3,(H,29,34). The molecule has 0 aromatic carbocycles. The third-order valence-electron chi connectivity index (χ3n) is 6.27. The summed E-state index contributed by atoms with van der Waals surface area (Å²) < 4.78 is 13.0. The van der Waals surface area contributed by atoms with Crippen LogP contribution in [-0.4, -0.2) is 79.6 Å².